The average Bonchev–Trinajstić information content (AvgIpc) is 3.12. The van der Waals surface area contributed by atoms with Crippen LogP contribution < -0.4 is 5.32 Å². The molecule has 0 saturated heterocycles. The Labute approximate surface area is 107 Å². The molecule has 100 valence electrons. The first-order chi connectivity index (χ1) is 8.19. The van der Waals surface area contributed by atoms with Crippen molar-refractivity contribution < 1.29 is 0 Å². The third kappa shape index (κ3) is 4.97. The van der Waals surface area contributed by atoms with Crippen molar-refractivity contribution in [1.29, 1.82) is 0 Å². The van der Waals surface area contributed by atoms with Gasteiger partial charge in [0, 0.05) is 31.7 Å². The van der Waals surface area contributed by atoms with Crippen LogP contribution in [0.4, 0.5) is 0 Å². The molecule has 0 aromatic rings. The molecule has 0 radical (unpaired) electrons. The molecule has 0 aliphatic heterocycles. The second kappa shape index (κ2) is 6.19. The molecule has 0 aromatic heterocycles. The van der Waals surface area contributed by atoms with Gasteiger partial charge in [-0.15, -0.1) is 0 Å². The molecule has 2 heteroatoms. The van der Waals surface area contributed by atoms with E-state index in [2.05, 4.69) is 31.0 Å². The third-order valence-electron chi connectivity index (χ3n) is 4.13. The Hall–Kier alpha value is -0.0800. The van der Waals surface area contributed by atoms with Crippen molar-refractivity contribution in [1.82, 2.24) is 10.2 Å². The van der Waals surface area contributed by atoms with Crippen LogP contribution in [0.15, 0.2) is 0 Å². The lowest BCUT2D eigenvalue weighted by atomic mass is 10.1. The summed E-state index contributed by atoms with van der Waals surface area (Å²) < 4.78 is 0. The van der Waals surface area contributed by atoms with Crippen LogP contribution in [-0.4, -0.2) is 36.6 Å². The van der Waals surface area contributed by atoms with Crippen molar-refractivity contribution in [2.24, 2.45) is 11.8 Å². The summed E-state index contributed by atoms with van der Waals surface area (Å²) in [6.45, 7) is 10.8. The van der Waals surface area contributed by atoms with E-state index < -0.39 is 0 Å². The molecule has 1 atom stereocenters. The highest BCUT2D eigenvalue weighted by atomic mass is 15.2. The number of hydrogen-bond donors (Lipinski definition) is 1. The molecule has 0 bridgehead atoms. The first-order valence-electron chi connectivity index (χ1n) is 7.66. The largest absolute Gasteiger partial charge is 0.313 e. The monoisotopic (exact) mass is 238 g/mol. The molecule has 2 fully saturated rings. The van der Waals surface area contributed by atoms with Crippen molar-refractivity contribution in [3.63, 3.8) is 0 Å². The van der Waals surface area contributed by atoms with Crippen molar-refractivity contribution in [2.45, 2.75) is 65.0 Å². The quantitative estimate of drug-likeness (QED) is 0.664. The van der Waals surface area contributed by atoms with Crippen LogP contribution in [0.1, 0.15) is 52.9 Å². The highest BCUT2D eigenvalue weighted by Gasteiger charge is 2.31. The van der Waals surface area contributed by atoms with Gasteiger partial charge in [0.15, 0.2) is 0 Å². The lowest BCUT2D eigenvalue weighted by molar-refractivity contribution is 0.169. The summed E-state index contributed by atoms with van der Waals surface area (Å²) in [5.41, 5.74) is 0. The Morgan fingerprint density at radius 2 is 1.59 bits per heavy atom. The summed E-state index contributed by atoms with van der Waals surface area (Å²) >= 11 is 0. The van der Waals surface area contributed by atoms with Gasteiger partial charge in [-0.2, -0.15) is 0 Å². The second-order valence-corrected chi connectivity index (χ2v) is 6.47. The zero-order valence-corrected chi connectivity index (χ0v) is 11.9. The lowest BCUT2D eigenvalue weighted by Gasteiger charge is -2.32. The molecular formula is C15H30N2. The van der Waals surface area contributed by atoms with Gasteiger partial charge in [0.25, 0.3) is 0 Å². The van der Waals surface area contributed by atoms with E-state index in [1.165, 1.54) is 51.7 Å². The predicted octanol–water partition coefficient (Wildman–Crippen LogP) is 2.89. The first-order valence-corrected chi connectivity index (χ1v) is 7.66. The highest BCUT2D eigenvalue weighted by molar-refractivity contribution is 4.86. The molecular weight excluding hydrogens is 208 g/mol. The number of hydrogen-bond acceptors (Lipinski definition) is 2. The SMILES string of the molecule is CCC(CNC(C)C)N(CC1CC1)CC1CC1. The third-order valence-corrected chi connectivity index (χ3v) is 4.13. The summed E-state index contributed by atoms with van der Waals surface area (Å²) in [6.07, 6.45) is 7.22. The number of nitrogens with one attached hydrogen (secondary N) is 1. The normalized spacial score (nSPS) is 22.4. The van der Waals surface area contributed by atoms with Crippen LogP contribution in [0.2, 0.25) is 0 Å². The number of nitrogens with zero attached hydrogens (tertiary/aromatic N) is 1. The zero-order chi connectivity index (χ0) is 12.3. The second-order valence-electron chi connectivity index (χ2n) is 6.47. The smallest absolute Gasteiger partial charge is 0.0218 e. The predicted molar refractivity (Wildman–Crippen MR) is 74.2 cm³/mol. The Bertz CT molecular complexity index is 205. The van der Waals surface area contributed by atoms with E-state index in [0.29, 0.717) is 6.04 Å². The van der Waals surface area contributed by atoms with Gasteiger partial charge in [-0.05, 0) is 43.9 Å². The molecule has 1 unspecified atom stereocenters. The molecule has 1 N–H and O–H groups in total. The Balaban J connectivity index is 1.80. The molecule has 2 saturated carbocycles. The number of rotatable bonds is 9. The van der Waals surface area contributed by atoms with Gasteiger partial charge in [0.1, 0.15) is 0 Å². The Morgan fingerprint density at radius 3 is 1.94 bits per heavy atom. The van der Waals surface area contributed by atoms with Crippen molar-refractivity contribution >= 4 is 0 Å². The van der Waals surface area contributed by atoms with E-state index in [9.17, 15) is 0 Å². The summed E-state index contributed by atoms with van der Waals surface area (Å²) in [7, 11) is 0. The van der Waals surface area contributed by atoms with E-state index in [1.807, 2.05) is 0 Å². The summed E-state index contributed by atoms with van der Waals surface area (Å²) in [5.74, 6) is 2.06. The molecule has 2 aliphatic carbocycles. The molecule has 2 rings (SSSR count). The fourth-order valence-corrected chi connectivity index (χ4v) is 2.54. The van der Waals surface area contributed by atoms with Crippen LogP contribution in [0.25, 0.3) is 0 Å². The van der Waals surface area contributed by atoms with E-state index in [-0.39, 0.29) is 0 Å². The average molecular weight is 238 g/mol. The van der Waals surface area contributed by atoms with Crippen LogP contribution >= 0.6 is 0 Å². The summed E-state index contributed by atoms with van der Waals surface area (Å²) in [4.78, 5) is 2.80. The van der Waals surface area contributed by atoms with E-state index in [4.69, 9.17) is 0 Å². The maximum atomic E-state index is 3.62. The van der Waals surface area contributed by atoms with Gasteiger partial charge in [0.05, 0.1) is 0 Å². The van der Waals surface area contributed by atoms with Gasteiger partial charge in [0.2, 0.25) is 0 Å². The summed E-state index contributed by atoms with van der Waals surface area (Å²) in [5, 5.41) is 3.62. The minimum atomic E-state index is 0.618. The van der Waals surface area contributed by atoms with Gasteiger partial charge in [-0.3, -0.25) is 4.90 Å². The van der Waals surface area contributed by atoms with Crippen LogP contribution in [0.3, 0.4) is 0 Å². The van der Waals surface area contributed by atoms with Gasteiger partial charge in [-0.25, -0.2) is 0 Å². The molecule has 17 heavy (non-hydrogen) atoms. The topological polar surface area (TPSA) is 15.3 Å². The minimum absolute atomic E-state index is 0.618. The maximum Gasteiger partial charge on any atom is 0.0218 e. The van der Waals surface area contributed by atoms with E-state index in [0.717, 1.165) is 17.9 Å². The standard InChI is InChI=1S/C15H30N2/c1-4-15(9-16-12(2)3)17(10-13-5-6-13)11-14-7-8-14/h12-16H,4-11H2,1-3H3. The van der Waals surface area contributed by atoms with Crippen LogP contribution in [-0.2, 0) is 0 Å². The zero-order valence-electron chi connectivity index (χ0n) is 11.9. The Kier molecular flexibility index (Phi) is 4.87. The molecule has 0 spiro atoms. The molecule has 0 amide bonds. The fourth-order valence-electron chi connectivity index (χ4n) is 2.54. The Morgan fingerprint density at radius 1 is 1.06 bits per heavy atom. The first kappa shape index (κ1) is 13.4. The van der Waals surface area contributed by atoms with E-state index >= 15 is 0 Å². The van der Waals surface area contributed by atoms with Crippen LogP contribution in [0.5, 0.6) is 0 Å². The molecule has 0 heterocycles. The molecule has 0 aromatic carbocycles. The molecule has 2 aliphatic rings. The fraction of sp³-hybridized carbons (Fsp3) is 1.00. The van der Waals surface area contributed by atoms with Gasteiger partial charge >= 0.3 is 0 Å². The van der Waals surface area contributed by atoms with Gasteiger partial charge in [-0.1, -0.05) is 20.8 Å². The van der Waals surface area contributed by atoms with Crippen molar-refractivity contribution in [3.05, 3.63) is 0 Å². The van der Waals surface area contributed by atoms with Crippen molar-refractivity contribution in [2.75, 3.05) is 19.6 Å². The van der Waals surface area contributed by atoms with E-state index in [1.54, 1.807) is 0 Å². The molecule has 2 nitrogen and oxygen atoms in total. The van der Waals surface area contributed by atoms with Crippen molar-refractivity contribution in [3.8, 4) is 0 Å². The maximum absolute atomic E-state index is 3.62. The highest BCUT2D eigenvalue weighted by Crippen LogP contribution is 2.34. The lowest BCUT2D eigenvalue weighted by Crippen LogP contribution is -2.45. The van der Waals surface area contributed by atoms with Gasteiger partial charge < -0.3 is 5.32 Å². The minimum Gasteiger partial charge on any atom is -0.313 e. The summed E-state index contributed by atoms with van der Waals surface area (Å²) in [6, 6.07) is 1.38. The van der Waals surface area contributed by atoms with Crippen LogP contribution in [0, 0.1) is 11.8 Å².